The lowest BCUT2D eigenvalue weighted by atomic mass is 10.3. The van der Waals surface area contributed by atoms with Crippen LogP contribution in [0.5, 0.6) is 5.75 Å². The molecule has 0 saturated heterocycles. The number of rotatable bonds is 5. The summed E-state index contributed by atoms with van der Waals surface area (Å²) in [5.41, 5.74) is 6.65. The minimum absolute atomic E-state index is 0.452. The van der Waals surface area contributed by atoms with Crippen molar-refractivity contribution in [1.29, 1.82) is 0 Å². The Bertz CT molecular complexity index is 545. The van der Waals surface area contributed by atoms with Gasteiger partial charge in [0.2, 0.25) is 0 Å². The van der Waals surface area contributed by atoms with Crippen LogP contribution in [0.25, 0.3) is 0 Å². The fourth-order valence-electron chi connectivity index (χ4n) is 1.55. The fourth-order valence-corrected chi connectivity index (χ4v) is 1.93. The Balaban J connectivity index is 2.14. The van der Waals surface area contributed by atoms with E-state index in [1.807, 2.05) is 37.4 Å². The number of nitrogen functional groups attached to an aromatic ring is 1. The topological polar surface area (TPSA) is 73.1 Å². The molecule has 0 aliphatic carbocycles. The smallest absolute Gasteiger partial charge is 0.191 e. The number of benzene rings is 1. The molecule has 0 bridgehead atoms. The third-order valence-electron chi connectivity index (χ3n) is 2.35. The molecule has 0 aliphatic rings. The van der Waals surface area contributed by atoms with E-state index in [1.165, 1.54) is 11.8 Å². The van der Waals surface area contributed by atoms with Crippen LogP contribution < -0.4 is 15.8 Å². The van der Waals surface area contributed by atoms with E-state index in [0.717, 1.165) is 11.4 Å². The standard InChI is InChI=1S/C13H16N4OS/c1-3-18-10-6-4-9(5-7-10)15-12-8-11(14)16-13(17-12)19-2/h4-8H,3H2,1-2H3,(H3,14,15,16,17). The molecule has 6 heteroatoms. The Morgan fingerprint density at radius 3 is 2.63 bits per heavy atom. The summed E-state index contributed by atoms with van der Waals surface area (Å²) in [4.78, 5) is 8.44. The van der Waals surface area contributed by atoms with E-state index >= 15 is 0 Å². The third-order valence-corrected chi connectivity index (χ3v) is 2.89. The van der Waals surface area contributed by atoms with Gasteiger partial charge in [-0.25, -0.2) is 9.97 Å². The van der Waals surface area contributed by atoms with Crippen LogP contribution in [0.3, 0.4) is 0 Å². The molecule has 19 heavy (non-hydrogen) atoms. The highest BCUT2D eigenvalue weighted by Gasteiger charge is 2.02. The lowest BCUT2D eigenvalue weighted by molar-refractivity contribution is 0.340. The first-order valence-electron chi connectivity index (χ1n) is 5.89. The lowest BCUT2D eigenvalue weighted by Gasteiger charge is -2.08. The second kappa shape index (κ2) is 6.29. The van der Waals surface area contributed by atoms with Crippen molar-refractivity contribution in [3.05, 3.63) is 30.3 Å². The van der Waals surface area contributed by atoms with Crippen molar-refractivity contribution in [3.8, 4) is 5.75 Å². The summed E-state index contributed by atoms with van der Waals surface area (Å²) in [7, 11) is 0. The van der Waals surface area contributed by atoms with Crippen molar-refractivity contribution in [2.45, 2.75) is 12.1 Å². The Morgan fingerprint density at radius 1 is 1.26 bits per heavy atom. The molecule has 1 aromatic heterocycles. The zero-order chi connectivity index (χ0) is 13.7. The summed E-state index contributed by atoms with van der Waals surface area (Å²) in [5.74, 6) is 1.98. The SMILES string of the molecule is CCOc1ccc(Nc2cc(N)nc(SC)n2)cc1. The van der Waals surface area contributed by atoms with Crippen molar-refractivity contribution < 1.29 is 4.74 Å². The number of hydrogen-bond acceptors (Lipinski definition) is 6. The first-order chi connectivity index (χ1) is 9.21. The molecule has 0 atom stereocenters. The molecule has 0 fully saturated rings. The highest BCUT2D eigenvalue weighted by atomic mass is 32.2. The van der Waals surface area contributed by atoms with Crippen molar-refractivity contribution >= 4 is 29.1 Å². The first-order valence-corrected chi connectivity index (χ1v) is 7.12. The number of nitrogens with two attached hydrogens (primary N) is 1. The number of nitrogens with one attached hydrogen (secondary N) is 1. The van der Waals surface area contributed by atoms with Gasteiger partial charge in [-0.15, -0.1) is 0 Å². The molecule has 0 unspecified atom stereocenters. The zero-order valence-corrected chi connectivity index (χ0v) is 11.7. The number of hydrogen-bond donors (Lipinski definition) is 2. The van der Waals surface area contributed by atoms with E-state index in [0.29, 0.717) is 23.4 Å². The first kappa shape index (κ1) is 13.5. The minimum atomic E-state index is 0.452. The van der Waals surface area contributed by atoms with Gasteiger partial charge in [0.1, 0.15) is 17.4 Å². The normalized spacial score (nSPS) is 10.2. The van der Waals surface area contributed by atoms with Crippen LogP contribution >= 0.6 is 11.8 Å². The number of ether oxygens (including phenoxy) is 1. The Morgan fingerprint density at radius 2 is 2.00 bits per heavy atom. The molecule has 0 spiro atoms. The Hall–Kier alpha value is -1.95. The summed E-state index contributed by atoms with van der Waals surface area (Å²) in [6, 6.07) is 9.39. The quantitative estimate of drug-likeness (QED) is 0.646. The zero-order valence-electron chi connectivity index (χ0n) is 10.9. The predicted molar refractivity (Wildman–Crippen MR) is 79.1 cm³/mol. The maximum atomic E-state index is 5.73. The molecule has 0 radical (unpaired) electrons. The third kappa shape index (κ3) is 3.75. The highest BCUT2D eigenvalue weighted by molar-refractivity contribution is 7.98. The van der Waals surface area contributed by atoms with E-state index in [-0.39, 0.29) is 0 Å². The molecule has 0 amide bonds. The largest absolute Gasteiger partial charge is 0.494 e. The predicted octanol–water partition coefficient (Wildman–Crippen LogP) is 2.92. The van der Waals surface area contributed by atoms with Crippen LogP contribution in [0.4, 0.5) is 17.3 Å². The van der Waals surface area contributed by atoms with Crippen molar-refractivity contribution in [3.63, 3.8) is 0 Å². The molecule has 100 valence electrons. The fraction of sp³-hybridized carbons (Fsp3) is 0.231. The van der Waals surface area contributed by atoms with E-state index in [1.54, 1.807) is 6.07 Å². The maximum absolute atomic E-state index is 5.73. The van der Waals surface area contributed by atoms with Gasteiger partial charge in [-0.2, -0.15) is 0 Å². The van der Waals surface area contributed by atoms with Crippen LogP contribution in [0.15, 0.2) is 35.5 Å². The number of thioether (sulfide) groups is 1. The highest BCUT2D eigenvalue weighted by Crippen LogP contribution is 2.21. The van der Waals surface area contributed by atoms with Crippen LogP contribution in [-0.4, -0.2) is 22.8 Å². The number of nitrogens with zero attached hydrogens (tertiary/aromatic N) is 2. The van der Waals surface area contributed by atoms with Crippen LogP contribution in [-0.2, 0) is 0 Å². The van der Waals surface area contributed by atoms with Gasteiger partial charge in [-0.05, 0) is 37.4 Å². The molecule has 2 rings (SSSR count). The van der Waals surface area contributed by atoms with Crippen molar-refractivity contribution in [2.24, 2.45) is 0 Å². The van der Waals surface area contributed by atoms with Gasteiger partial charge in [0.25, 0.3) is 0 Å². The average molecular weight is 276 g/mol. The molecular formula is C13H16N4OS. The van der Waals surface area contributed by atoms with Gasteiger partial charge in [-0.1, -0.05) is 11.8 Å². The van der Waals surface area contributed by atoms with E-state index < -0.39 is 0 Å². The summed E-state index contributed by atoms with van der Waals surface area (Å²) < 4.78 is 5.39. The summed E-state index contributed by atoms with van der Waals surface area (Å²) in [6.45, 7) is 2.62. The van der Waals surface area contributed by atoms with Crippen LogP contribution in [0, 0.1) is 0 Å². The van der Waals surface area contributed by atoms with Gasteiger partial charge < -0.3 is 15.8 Å². The molecule has 5 nitrogen and oxygen atoms in total. The average Bonchev–Trinajstić information content (AvgIpc) is 2.40. The van der Waals surface area contributed by atoms with E-state index in [4.69, 9.17) is 10.5 Å². The Kier molecular flexibility index (Phi) is 4.46. The van der Waals surface area contributed by atoms with Gasteiger partial charge in [0, 0.05) is 11.8 Å². The second-order valence-electron chi connectivity index (χ2n) is 3.75. The van der Waals surface area contributed by atoms with Crippen molar-refractivity contribution in [1.82, 2.24) is 9.97 Å². The van der Waals surface area contributed by atoms with E-state index in [2.05, 4.69) is 15.3 Å². The molecule has 3 N–H and O–H groups in total. The second-order valence-corrected chi connectivity index (χ2v) is 4.52. The van der Waals surface area contributed by atoms with Gasteiger partial charge in [0.05, 0.1) is 6.61 Å². The van der Waals surface area contributed by atoms with Crippen LogP contribution in [0.2, 0.25) is 0 Å². The minimum Gasteiger partial charge on any atom is -0.494 e. The molecular weight excluding hydrogens is 260 g/mol. The van der Waals surface area contributed by atoms with Gasteiger partial charge in [0.15, 0.2) is 5.16 Å². The molecule has 2 aromatic rings. The number of anilines is 3. The molecule has 0 aliphatic heterocycles. The summed E-state index contributed by atoms with van der Waals surface area (Å²) in [5, 5.41) is 3.84. The Labute approximate surface area is 116 Å². The van der Waals surface area contributed by atoms with Crippen molar-refractivity contribution in [2.75, 3.05) is 23.9 Å². The molecule has 0 saturated carbocycles. The monoisotopic (exact) mass is 276 g/mol. The van der Waals surface area contributed by atoms with E-state index in [9.17, 15) is 0 Å². The van der Waals surface area contributed by atoms with Crippen LogP contribution in [0.1, 0.15) is 6.92 Å². The maximum Gasteiger partial charge on any atom is 0.191 e. The summed E-state index contributed by atoms with van der Waals surface area (Å²) >= 11 is 1.45. The van der Waals surface area contributed by atoms with Gasteiger partial charge >= 0.3 is 0 Å². The number of aromatic nitrogens is 2. The summed E-state index contributed by atoms with van der Waals surface area (Å²) in [6.07, 6.45) is 1.91. The lowest BCUT2D eigenvalue weighted by Crippen LogP contribution is -2.00. The molecule has 1 heterocycles. The molecule has 1 aromatic carbocycles. The van der Waals surface area contributed by atoms with Gasteiger partial charge in [-0.3, -0.25) is 0 Å².